The second kappa shape index (κ2) is 54.7. The first kappa shape index (κ1) is 121. The Morgan fingerprint density at radius 3 is 0.985 bits per heavy atom. The first-order valence-electron chi connectivity index (χ1n) is 44.4. The Morgan fingerprint density at radius 2 is 0.701 bits per heavy atom. The number of carbonyl (C=O) groups is 11. The number of unbranched alkanes of at least 4 members (excludes halogenated alkanes) is 2. The van der Waals surface area contributed by atoms with E-state index in [1.54, 1.807) is 121 Å². The SMILES string of the molecule is CC(C)(C)OC(=O)N[C@H](C(=O)Oc1c(F)c(F)c(F)c(F)c1F)C(C)(C)C.CCCC[C@H](CN(C=O)OCc1ccccc1)C(=O)N[C@H](C(=O)c1ccc(OC)cc1OC)C(C)(C)C.CCCC[C@H](CN(O)C=O)C(=O)N[C@H](C(=O)c1ccc(OC)cc1OC)C(C)(C)C.COc1ccc(C(=O)[C@@H](N)C(C)(C)C)c(OC)c1.COc1ccc(C(=O)[C@@H](NC(=O)OC(C)(C)C)C(C)(C)C)c(OC)c1. The number of nitrogens with zero attached hydrogens (tertiary/aromatic N) is 2. The van der Waals surface area contributed by atoms with Crippen molar-refractivity contribution in [2.75, 3.05) is 70.0 Å². The van der Waals surface area contributed by atoms with Crippen LogP contribution in [-0.2, 0) is 44.9 Å². The molecule has 0 saturated carbocycles. The molecule has 6 aromatic carbocycles. The van der Waals surface area contributed by atoms with Crippen LogP contribution in [-0.4, -0.2) is 193 Å². The van der Waals surface area contributed by atoms with Crippen LogP contribution in [0, 0.1) is 68.0 Å². The molecule has 6 rings (SSSR count). The summed E-state index contributed by atoms with van der Waals surface area (Å²) in [6.45, 7) is 41.3. The highest BCUT2D eigenvalue weighted by Crippen LogP contribution is 2.37. The van der Waals surface area contributed by atoms with E-state index in [1.165, 1.54) is 70.5 Å². The van der Waals surface area contributed by atoms with E-state index in [2.05, 4.69) is 26.0 Å². The van der Waals surface area contributed by atoms with E-state index in [-0.39, 0.29) is 66.5 Å². The molecule has 0 saturated heterocycles. The van der Waals surface area contributed by atoms with Gasteiger partial charge in [-0.05, 0) is 136 Å². The third-order valence-electron chi connectivity index (χ3n) is 20.5. The van der Waals surface area contributed by atoms with Crippen LogP contribution >= 0.6 is 0 Å². The van der Waals surface area contributed by atoms with Gasteiger partial charge < -0.3 is 79.1 Å². The topological polar surface area (TPSA) is 399 Å². The number of ketones is 4. The normalized spacial score (nSPS) is 13.0. The molecule has 0 unspecified atom stereocenters. The first-order chi connectivity index (χ1) is 63.5. The van der Waals surface area contributed by atoms with E-state index in [9.17, 15) is 79.9 Å². The Kier molecular flexibility index (Phi) is 48.2. The molecule has 0 aliphatic heterocycles. The molecule has 6 amide bonds. The predicted octanol–water partition coefficient (Wildman–Crippen LogP) is 18.2. The summed E-state index contributed by atoms with van der Waals surface area (Å²) in [5, 5.41) is 21.9. The fraction of sp³-hybridized carbons (Fsp3) is 0.535. The van der Waals surface area contributed by atoms with Crippen LogP contribution in [0.3, 0.4) is 0 Å². The second-order valence-corrected chi connectivity index (χ2v) is 39.3. The number of amides is 6. The van der Waals surface area contributed by atoms with Crippen molar-refractivity contribution in [3.05, 3.63) is 160 Å². The van der Waals surface area contributed by atoms with Gasteiger partial charge >= 0.3 is 18.2 Å². The van der Waals surface area contributed by atoms with Gasteiger partial charge in [0.25, 0.3) is 0 Å². The van der Waals surface area contributed by atoms with Crippen molar-refractivity contribution in [1.29, 1.82) is 0 Å². The van der Waals surface area contributed by atoms with Crippen molar-refractivity contribution >= 4 is 65.9 Å². The summed E-state index contributed by atoms with van der Waals surface area (Å²) in [5.74, 6) is -13.5. The fourth-order valence-electron chi connectivity index (χ4n) is 12.8. The molecular formula is C101H144F5N7O24. The fourth-order valence-corrected chi connectivity index (χ4v) is 12.8. The summed E-state index contributed by atoms with van der Waals surface area (Å²) in [5.41, 5.74) is 3.88. The number of halogens is 5. The maximum atomic E-state index is 13.7. The highest BCUT2D eigenvalue weighted by Gasteiger charge is 2.43. The lowest BCUT2D eigenvalue weighted by molar-refractivity contribution is -0.182. The minimum atomic E-state index is -2.39. The number of Topliss-reactive ketones (excluding diaryl/α,β-unsaturated/α-hetero) is 4. The lowest BCUT2D eigenvalue weighted by Crippen LogP contribution is -2.52. The molecule has 0 aliphatic rings. The third-order valence-corrected chi connectivity index (χ3v) is 20.5. The minimum Gasteiger partial charge on any atom is -0.497 e. The highest BCUT2D eigenvalue weighted by atomic mass is 19.2. The average Bonchev–Trinajstić information content (AvgIpc) is 0.789. The van der Waals surface area contributed by atoms with Gasteiger partial charge in [0.1, 0.15) is 75.9 Å². The lowest BCUT2D eigenvalue weighted by Gasteiger charge is -2.32. The largest absolute Gasteiger partial charge is 0.497 e. The van der Waals surface area contributed by atoms with Crippen LogP contribution in [0.25, 0.3) is 0 Å². The minimum absolute atomic E-state index is 0.0824. The summed E-state index contributed by atoms with van der Waals surface area (Å²) < 4.78 is 124. The summed E-state index contributed by atoms with van der Waals surface area (Å²) in [7, 11) is 12.1. The van der Waals surface area contributed by atoms with E-state index in [0.29, 0.717) is 92.6 Å². The van der Waals surface area contributed by atoms with E-state index >= 15 is 0 Å². The number of nitrogens with one attached hydrogen (secondary N) is 4. The quantitative estimate of drug-likeness (QED) is 0.00240. The molecule has 762 valence electrons. The molecule has 0 radical (unpaired) electrons. The van der Waals surface area contributed by atoms with Crippen LogP contribution < -0.4 is 69.6 Å². The lowest BCUT2D eigenvalue weighted by atomic mass is 9.81. The standard InChI is InChI=1S/C29H40N2O6.C22H34N2O6.C19H29NO5.C17H20F5NO4.C14H21NO3/c1-7-8-14-22(18-31(20-32)37-19-21-12-10-9-11-13-21)28(34)30-27(29(2,3)4)26(33)24-16-15-23(35-5)17-25(24)36-6;1-7-8-9-15(13-24(28)14-25)21(27)23-20(22(2,3)4)19(26)17-11-10-16(29-5)12-18(17)30-6;1-18(2,3)16(20-17(22)25-19(4,5)6)15(21)13-10-9-12(23-7)11-14(13)24-8;1-16(2,3)13(23-15(25)27-17(4,5)6)14(24)26-12-10(21)8(19)7(18)9(20)11(12)22;1-14(2,3)13(15)12(16)10-7-6-9(17-4)8-11(10)18-5/h9-13,15-17,20,22,27H,7-8,14,18-19H2,1-6H3,(H,30,34);10-12,14-15,20,28H,7-9,13H2,1-6H3,(H,23,27);9-11,16H,1-8H3,(H,20,22);13H,1-6H3,(H,23,25);6-8,13H,15H2,1-5H3/t22-,27-;15-,20-;16-;2*13-/m11111/s1. The number of benzene rings is 6. The Balaban J connectivity index is 0.000000589. The van der Waals surface area contributed by atoms with Crippen LogP contribution in [0.4, 0.5) is 31.5 Å². The van der Waals surface area contributed by atoms with Crippen LogP contribution in [0.5, 0.6) is 51.7 Å². The van der Waals surface area contributed by atoms with E-state index in [1.807, 2.05) is 127 Å². The van der Waals surface area contributed by atoms with Gasteiger partial charge in [-0.25, -0.2) is 37.7 Å². The zero-order valence-corrected chi connectivity index (χ0v) is 85.1. The number of rotatable bonds is 39. The zero-order chi connectivity index (χ0) is 105. The number of esters is 1. The predicted molar refractivity (Wildman–Crippen MR) is 507 cm³/mol. The third kappa shape index (κ3) is 39.1. The maximum absolute atomic E-state index is 13.7. The average molecular weight is 1940 g/mol. The summed E-state index contributed by atoms with van der Waals surface area (Å²) in [4.78, 5) is 144. The number of hydrogen-bond donors (Lipinski definition) is 6. The Bertz CT molecular complexity index is 4940. The molecule has 31 nitrogen and oxygen atoms in total. The van der Waals surface area contributed by atoms with E-state index in [0.717, 1.165) is 36.3 Å². The van der Waals surface area contributed by atoms with Gasteiger partial charge in [0.05, 0.1) is 122 Å². The Morgan fingerprint density at radius 1 is 0.394 bits per heavy atom. The number of ether oxygens (including phenoxy) is 11. The summed E-state index contributed by atoms with van der Waals surface area (Å²) >= 11 is 0. The molecule has 0 heterocycles. The van der Waals surface area contributed by atoms with E-state index < -0.39 is 128 Å². The monoisotopic (exact) mass is 1930 g/mol. The van der Waals surface area contributed by atoms with Crippen LogP contribution in [0.1, 0.15) is 245 Å². The van der Waals surface area contributed by atoms with Gasteiger partial charge in [0.2, 0.25) is 59.5 Å². The number of alkyl carbamates (subject to hydrolysis) is 2. The van der Waals surface area contributed by atoms with E-state index in [4.69, 9.17) is 57.9 Å². The molecule has 6 aromatic rings. The van der Waals surface area contributed by atoms with Crippen molar-refractivity contribution in [2.45, 2.75) is 246 Å². The van der Waals surface area contributed by atoms with Gasteiger partial charge in [0.15, 0.2) is 23.1 Å². The first-order valence-corrected chi connectivity index (χ1v) is 44.4. The van der Waals surface area contributed by atoms with Gasteiger partial charge in [-0.3, -0.25) is 48.4 Å². The summed E-state index contributed by atoms with van der Waals surface area (Å²) in [6, 6.07) is 24.9. The van der Waals surface area contributed by atoms with Gasteiger partial charge in [-0.2, -0.15) is 8.78 Å². The molecule has 137 heavy (non-hydrogen) atoms. The zero-order valence-electron chi connectivity index (χ0n) is 85.1. The molecule has 0 aliphatic carbocycles. The molecule has 0 spiro atoms. The van der Waals surface area contributed by atoms with Gasteiger partial charge in [-0.15, -0.1) is 0 Å². The summed E-state index contributed by atoms with van der Waals surface area (Å²) in [6.07, 6.45) is 3.54. The van der Waals surface area contributed by atoms with Crippen molar-refractivity contribution in [1.82, 2.24) is 31.4 Å². The number of nitrogens with two attached hydrogens (primary N) is 1. The highest BCUT2D eigenvalue weighted by molar-refractivity contribution is 6.07. The smallest absolute Gasteiger partial charge is 0.408 e. The molecular weight excluding hydrogens is 1790 g/mol. The van der Waals surface area contributed by atoms with Crippen molar-refractivity contribution in [3.63, 3.8) is 0 Å². The number of hydroxylamine groups is 4. The second-order valence-electron chi connectivity index (χ2n) is 39.3. The number of hydrogen-bond acceptors (Lipinski definition) is 25. The van der Waals surface area contributed by atoms with Gasteiger partial charge in [-0.1, -0.05) is 174 Å². The Labute approximate surface area is 802 Å². The van der Waals surface area contributed by atoms with Crippen molar-refractivity contribution in [2.24, 2.45) is 44.6 Å². The Hall–Kier alpha value is -12.2. The molecule has 36 heteroatoms. The molecule has 0 aromatic heterocycles. The van der Waals surface area contributed by atoms with Crippen LogP contribution in [0.2, 0.25) is 0 Å². The number of methoxy groups -OCH3 is 8. The van der Waals surface area contributed by atoms with Crippen LogP contribution in [0.15, 0.2) is 103 Å². The maximum Gasteiger partial charge on any atom is 0.408 e. The van der Waals surface area contributed by atoms with Gasteiger partial charge in [0, 0.05) is 24.3 Å². The molecule has 0 bridgehead atoms. The molecule has 7 N–H and O–H groups in total. The van der Waals surface area contributed by atoms with Crippen molar-refractivity contribution < 1.29 is 137 Å². The van der Waals surface area contributed by atoms with Crippen molar-refractivity contribution in [3.8, 4) is 51.7 Å². The molecule has 0 fully saturated rings. The molecule has 7 atom stereocenters. The number of carbonyl (C=O) groups excluding carboxylic acids is 11.